The van der Waals surface area contributed by atoms with Crippen LogP contribution in [0.25, 0.3) is 0 Å². The lowest BCUT2D eigenvalue weighted by Crippen LogP contribution is -2.32. The predicted octanol–water partition coefficient (Wildman–Crippen LogP) is 2.44. The molecule has 1 aromatic carbocycles. The number of rotatable bonds is 4. The third kappa shape index (κ3) is 4.18. The van der Waals surface area contributed by atoms with Crippen LogP contribution in [0, 0.1) is 11.3 Å². The summed E-state index contributed by atoms with van der Waals surface area (Å²) in [4.78, 5) is 28.7. The van der Waals surface area contributed by atoms with Gasteiger partial charge in [-0.25, -0.2) is 4.79 Å². The highest BCUT2D eigenvalue weighted by Gasteiger charge is 2.17. The molecule has 7 heteroatoms. The van der Waals surface area contributed by atoms with Crippen molar-refractivity contribution in [1.82, 2.24) is 15.2 Å². The number of aromatic amines is 1. The van der Waals surface area contributed by atoms with E-state index in [-0.39, 0.29) is 11.9 Å². The largest absolute Gasteiger partial charge is 0.352 e. The molecule has 0 saturated carbocycles. The summed E-state index contributed by atoms with van der Waals surface area (Å²) in [6.45, 7) is 1.92. The summed E-state index contributed by atoms with van der Waals surface area (Å²) in [6.07, 6.45) is 3.60. The quantitative estimate of drug-likeness (QED) is 0.798. The number of anilines is 1. The zero-order valence-corrected chi connectivity index (χ0v) is 13.7. The van der Waals surface area contributed by atoms with Crippen molar-refractivity contribution < 1.29 is 9.59 Å². The summed E-state index contributed by atoms with van der Waals surface area (Å²) in [5.41, 5.74) is 2.34. The molecule has 0 bridgehead atoms. The Morgan fingerprint density at radius 2 is 2.04 bits per heavy atom. The fourth-order valence-corrected chi connectivity index (χ4v) is 2.76. The molecule has 0 atom stereocenters. The lowest BCUT2D eigenvalue weighted by molar-refractivity contribution is 0.0951. The van der Waals surface area contributed by atoms with Gasteiger partial charge in [0.1, 0.15) is 11.8 Å². The molecule has 0 spiro atoms. The van der Waals surface area contributed by atoms with E-state index >= 15 is 0 Å². The first-order valence-electron chi connectivity index (χ1n) is 8.17. The number of nitrogens with one attached hydrogen (secondary N) is 3. The zero-order valence-electron chi connectivity index (χ0n) is 13.7. The fraction of sp³-hybridized carbons (Fsp3) is 0.278. The van der Waals surface area contributed by atoms with Crippen LogP contribution >= 0.6 is 0 Å². The first kappa shape index (κ1) is 16.6. The Balaban J connectivity index is 1.57. The van der Waals surface area contributed by atoms with Gasteiger partial charge in [-0.1, -0.05) is 12.1 Å². The van der Waals surface area contributed by atoms with E-state index in [0.29, 0.717) is 23.5 Å². The summed E-state index contributed by atoms with van der Waals surface area (Å²) in [5, 5.41) is 14.5. The van der Waals surface area contributed by atoms with Gasteiger partial charge in [0.2, 0.25) is 0 Å². The molecule has 25 heavy (non-hydrogen) atoms. The highest BCUT2D eigenvalue weighted by atomic mass is 16.2. The topological polar surface area (TPSA) is 101 Å². The second-order valence-corrected chi connectivity index (χ2v) is 5.92. The molecule has 3 rings (SSSR count). The summed E-state index contributed by atoms with van der Waals surface area (Å²) < 4.78 is 0. The van der Waals surface area contributed by atoms with Crippen molar-refractivity contribution >= 4 is 17.6 Å². The molecule has 3 amide bonds. The first-order valence-corrected chi connectivity index (χ1v) is 8.17. The molecule has 2 aromatic rings. The fourth-order valence-electron chi connectivity index (χ4n) is 2.76. The van der Waals surface area contributed by atoms with Crippen LogP contribution in [0.15, 0.2) is 36.5 Å². The van der Waals surface area contributed by atoms with Gasteiger partial charge in [-0.05, 0) is 36.6 Å². The summed E-state index contributed by atoms with van der Waals surface area (Å²) in [5.74, 6) is -0.260. The molecular formula is C18H19N5O2. The molecule has 0 aliphatic carbocycles. The molecule has 1 aliphatic rings. The van der Waals surface area contributed by atoms with E-state index in [4.69, 9.17) is 5.26 Å². The van der Waals surface area contributed by atoms with Crippen molar-refractivity contribution in [3.05, 3.63) is 53.3 Å². The van der Waals surface area contributed by atoms with Crippen molar-refractivity contribution in [1.29, 1.82) is 5.26 Å². The molecule has 0 unspecified atom stereocenters. The smallest absolute Gasteiger partial charge is 0.321 e. The van der Waals surface area contributed by atoms with E-state index in [2.05, 4.69) is 15.6 Å². The van der Waals surface area contributed by atoms with Crippen LogP contribution in [-0.2, 0) is 6.54 Å². The zero-order chi connectivity index (χ0) is 17.6. The number of aromatic nitrogens is 1. The minimum atomic E-state index is -0.260. The van der Waals surface area contributed by atoms with E-state index in [1.54, 1.807) is 4.90 Å². The predicted molar refractivity (Wildman–Crippen MR) is 92.9 cm³/mol. The standard InChI is InChI=1S/C18H19N5O2/c19-10-16-9-14(12-20-16)17(24)21-11-13-4-3-5-15(8-13)22-18(25)23-6-1-2-7-23/h3-5,8-9,12,20H,1-2,6-7,11H2,(H,21,24)(H,22,25). The second-order valence-electron chi connectivity index (χ2n) is 5.92. The van der Waals surface area contributed by atoms with Gasteiger partial charge < -0.3 is 20.5 Å². The number of carbonyl (C=O) groups excluding carboxylic acids is 2. The Hall–Kier alpha value is -3.27. The molecule has 1 aliphatic heterocycles. The van der Waals surface area contributed by atoms with E-state index < -0.39 is 0 Å². The summed E-state index contributed by atoms with van der Waals surface area (Å²) in [6, 6.07) is 10.7. The number of hydrogen-bond donors (Lipinski definition) is 3. The van der Waals surface area contributed by atoms with E-state index in [1.165, 1.54) is 12.3 Å². The number of H-pyrrole nitrogens is 1. The summed E-state index contributed by atoms with van der Waals surface area (Å²) in [7, 11) is 0. The number of nitrogens with zero attached hydrogens (tertiary/aromatic N) is 2. The second kappa shape index (κ2) is 7.53. The number of urea groups is 1. The Labute approximate surface area is 145 Å². The molecule has 7 nitrogen and oxygen atoms in total. The van der Waals surface area contributed by atoms with Crippen LogP contribution in [0.4, 0.5) is 10.5 Å². The molecule has 3 N–H and O–H groups in total. The normalized spacial score (nSPS) is 13.3. The molecule has 1 aromatic heterocycles. The van der Waals surface area contributed by atoms with Crippen LogP contribution in [0.5, 0.6) is 0 Å². The van der Waals surface area contributed by atoms with Crippen LogP contribution in [0.2, 0.25) is 0 Å². The van der Waals surface area contributed by atoms with E-state index in [0.717, 1.165) is 31.5 Å². The van der Waals surface area contributed by atoms with Crippen LogP contribution in [0.3, 0.4) is 0 Å². The maximum Gasteiger partial charge on any atom is 0.321 e. The first-order chi connectivity index (χ1) is 12.2. The lowest BCUT2D eigenvalue weighted by atomic mass is 10.2. The maximum atomic E-state index is 12.1. The van der Waals surface area contributed by atoms with Gasteiger partial charge in [0.15, 0.2) is 0 Å². The molecule has 1 saturated heterocycles. The highest BCUT2D eigenvalue weighted by molar-refractivity contribution is 5.94. The lowest BCUT2D eigenvalue weighted by Gasteiger charge is -2.16. The SMILES string of the molecule is N#Cc1cc(C(=O)NCc2cccc(NC(=O)N3CCCC3)c2)c[nH]1. The summed E-state index contributed by atoms with van der Waals surface area (Å²) >= 11 is 0. The number of nitriles is 1. The Bertz CT molecular complexity index is 815. The van der Waals surface area contributed by atoms with Crippen molar-refractivity contribution in [2.75, 3.05) is 18.4 Å². The Morgan fingerprint density at radius 1 is 1.24 bits per heavy atom. The number of carbonyl (C=O) groups is 2. The highest BCUT2D eigenvalue weighted by Crippen LogP contribution is 2.14. The van der Waals surface area contributed by atoms with Gasteiger partial charge in [-0.15, -0.1) is 0 Å². The van der Waals surface area contributed by atoms with Crippen molar-refractivity contribution in [3.8, 4) is 6.07 Å². The van der Waals surface area contributed by atoms with Gasteiger partial charge in [0.25, 0.3) is 5.91 Å². The van der Waals surface area contributed by atoms with Crippen LogP contribution < -0.4 is 10.6 Å². The Morgan fingerprint density at radius 3 is 2.76 bits per heavy atom. The molecule has 128 valence electrons. The van der Waals surface area contributed by atoms with E-state index in [9.17, 15) is 9.59 Å². The molecule has 2 heterocycles. The van der Waals surface area contributed by atoms with Crippen LogP contribution in [0.1, 0.15) is 34.5 Å². The average Bonchev–Trinajstić information content (AvgIpc) is 3.31. The maximum absolute atomic E-state index is 12.1. The van der Waals surface area contributed by atoms with Crippen molar-refractivity contribution in [3.63, 3.8) is 0 Å². The average molecular weight is 337 g/mol. The van der Waals surface area contributed by atoms with Crippen molar-refractivity contribution in [2.24, 2.45) is 0 Å². The third-order valence-corrected chi connectivity index (χ3v) is 4.09. The molecule has 0 radical (unpaired) electrons. The van der Waals surface area contributed by atoms with Gasteiger partial charge in [-0.2, -0.15) is 5.26 Å². The third-order valence-electron chi connectivity index (χ3n) is 4.09. The number of hydrogen-bond acceptors (Lipinski definition) is 3. The minimum absolute atomic E-state index is 0.0879. The van der Waals surface area contributed by atoms with Crippen LogP contribution in [-0.4, -0.2) is 34.9 Å². The van der Waals surface area contributed by atoms with Gasteiger partial charge in [0, 0.05) is 31.5 Å². The number of benzene rings is 1. The number of likely N-dealkylation sites (tertiary alicyclic amines) is 1. The Kier molecular flexibility index (Phi) is 5.00. The van der Waals surface area contributed by atoms with E-state index in [1.807, 2.05) is 30.3 Å². The molecule has 1 fully saturated rings. The molecular weight excluding hydrogens is 318 g/mol. The number of amides is 3. The minimum Gasteiger partial charge on any atom is -0.352 e. The van der Waals surface area contributed by atoms with Gasteiger partial charge in [-0.3, -0.25) is 4.79 Å². The monoisotopic (exact) mass is 337 g/mol. The van der Waals surface area contributed by atoms with Crippen molar-refractivity contribution in [2.45, 2.75) is 19.4 Å². The van der Waals surface area contributed by atoms with Gasteiger partial charge >= 0.3 is 6.03 Å². The van der Waals surface area contributed by atoms with Gasteiger partial charge in [0.05, 0.1) is 5.56 Å².